The molecule has 0 spiro atoms. The highest BCUT2D eigenvalue weighted by Crippen LogP contribution is 2.19. The van der Waals surface area contributed by atoms with Crippen molar-refractivity contribution in [3.63, 3.8) is 0 Å². The van der Waals surface area contributed by atoms with Crippen LogP contribution in [0.5, 0.6) is 0 Å². The standard InChI is InChI=1S/C11H13N/c1-3-7-10-8-5-6-9-11(10)12-4-2/h3-9H,1-2H3/b7-3-,12-4?. The Bertz CT molecular complexity index is 267. The zero-order valence-electron chi connectivity index (χ0n) is 7.49. The summed E-state index contributed by atoms with van der Waals surface area (Å²) in [5.41, 5.74) is 2.19. The average Bonchev–Trinajstić information content (AvgIpc) is 2.09. The van der Waals surface area contributed by atoms with Crippen molar-refractivity contribution < 1.29 is 0 Å². The topological polar surface area (TPSA) is 12.4 Å². The van der Waals surface area contributed by atoms with Gasteiger partial charge in [-0.3, -0.25) is 4.99 Å². The normalized spacial score (nSPS) is 11.5. The minimum absolute atomic E-state index is 1.03. The first-order valence-electron chi connectivity index (χ1n) is 4.09. The van der Waals surface area contributed by atoms with E-state index < -0.39 is 0 Å². The molecule has 0 aliphatic rings. The van der Waals surface area contributed by atoms with E-state index in [2.05, 4.69) is 17.1 Å². The van der Waals surface area contributed by atoms with Crippen molar-refractivity contribution in [1.29, 1.82) is 0 Å². The van der Waals surface area contributed by atoms with Gasteiger partial charge in [0.2, 0.25) is 0 Å². The van der Waals surface area contributed by atoms with Crippen molar-refractivity contribution in [2.24, 2.45) is 4.99 Å². The lowest BCUT2D eigenvalue weighted by molar-refractivity contribution is 1.50. The SMILES string of the molecule is CC=Nc1ccccc1/C=C\C. The smallest absolute Gasteiger partial charge is 0.0697 e. The summed E-state index contributed by atoms with van der Waals surface area (Å²) >= 11 is 0. The first kappa shape index (κ1) is 8.72. The molecule has 0 amide bonds. The minimum atomic E-state index is 1.03. The van der Waals surface area contributed by atoms with Gasteiger partial charge in [0, 0.05) is 6.21 Å². The van der Waals surface area contributed by atoms with Crippen LogP contribution < -0.4 is 0 Å². The van der Waals surface area contributed by atoms with Crippen LogP contribution >= 0.6 is 0 Å². The van der Waals surface area contributed by atoms with Crippen molar-refractivity contribution >= 4 is 18.0 Å². The molecule has 1 nitrogen and oxygen atoms in total. The van der Waals surface area contributed by atoms with Gasteiger partial charge in [0.25, 0.3) is 0 Å². The van der Waals surface area contributed by atoms with E-state index in [0.717, 1.165) is 11.3 Å². The Morgan fingerprint density at radius 2 is 1.92 bits per heavy atom. The lowest BCUT2D eigenvalue weighted by Crippen LogP contribution is -1.73. The van der Waals surface area contributed by atoms with Crippen LogP contribution in [0.3, 0.4) is 0 Å². The van der Waals surface area contributed by atoms with Gasteiger partial charge >= 0.3 is 0 Å². The molecule has 0 unspecified atom stereocenters. The molecule has 0 saturated carbocycles. The number of allylic oxidation sites excluding steroid dienone is 1. The van der Waals surface area contributed by atoms with Crippen LogP contribution in [0, 0.1) is 0 Å². The van der Waals surface area contributed by atoms with Crippen molar-refractivity contribution in [1.82, 2.24) is 0 Å². The van der Waals surface area contributed by atoms with Gasteiger partial charge in [-0.25, -0.2) is 0 Å². The van der Waals surface area contributed by atoms with E-state index >= 15 is 0 Å². The Hall–Kier alpha value is -1.37. The maximum atomic E-state index is 4.25. The lowest BCUT2D eigenvalue weighted by Gasteiger charge is -1.97. The van der Waals surface area contributed by atoms with Gasteiger partial charge in [-0.1, -0.05) is 30.4 Å². The monoisotopic (exact) mass is 159 g/mol. The molecule has 0 aliphatic carbocycles. The molecule has 0 radical (unpaired) electrons. The first-order chi connectivity index (χ1) is 5.88. The summed E-state index contributed by atoms with van der Waals surface area (Å²) in [5.74, 6) is 0. The number of hydrogen-bond donors (Lipinski definition) is 0. The molecule has 1 rings (SSSR count). The van der Waals surface area contributed by atoms with E-state index in [4.69, 9.17) is 0 Å². The molecule has 1 heteroatoms. The van der Waals surface area contributed by atoms with Crippen LogP contribution in [-0.4, -0.2) is 6.21 Å². The molecule has 12 heavy (non-hydrogen) atoms. The van der Waals surface area contributed by atoms with E-state index in [-0.39, 0.29) is 0 Å². The summed E-state index contributed by atoms with van der Waals surface area (Å²) in [6, 6.07) is 8.08. The maximum Gasteiger partial charge on any atom is 0.0697 e. The summed E-state index contributed by atoms with van der Waals surface area (Å²) in [7, 11) is 0. The fourth-order valence-corrected chi connectivity index (χ4v) is 1.06. The fraction of sp³-hybridized carbons (Fsp3) is 0.182. The highest BCUT2D eigenvalue weighted by molar-refractivity contribution is 5.69. The molecule has 1 aromatic rings. The molecule has 1 aromatic carbocycles. The van der Waals surface area contributed by atoms with Crippen LogP contribution in [0.15, 0.2) is 35.3 Å². The largest absolute Gasteiger partial charge is 0.261 e. The van der Waals surface area contributed by atoms with E-state index in [1.165, 1.54) is 0 Å². The highest BCUT2D eigenvalue weighted by atomic mass is 14.7. The summed E-state index contributed by atoms with van der Waals surface area (Å²) in [5, 5.41) is 0. The number of rotatable bonds is 2. The van der Waals surface area contributed by atoms with Crippen molar-refractivity contribution in [2.45, 2.75) is 13.8 Å². The van der Waals surface area contributed by atoms with Crippen LogP contribution in [0.1, 0.15) is 19.4 Å². The molecule has 0 fully saturated rings. The number of hydrogen-bond acceptors (Lipinski definition) is 1. The maximum absolute atomic E-state index is 4.25. The molecule has 0 heterocycles. The Morgan fingerprint density at radius 3 is 2.58 bits per heavy atom. The second kappa shape index (κ2) is 4.50. The summed E-state index contributed by atoms with van der Waals surface area (Å²) in [6.45, 7) is 3.93. The Balaban J connectivity index is 3.08. The van der Waals surface area contributed by atoms with Crippen LogP contribution in [0.4, 0.5) is 5.69 Å². The summed E-state index contributed by atoms with van der Waals surface area (Å²) in [4.78, 5) is 4.25. The van der Waals surface area contributed by atoms with Crippen LogP contribution in [0.25, 0.3) is 6.08 Å². The Labute approximate surface area is 73.5 Å². The predicted octanol–water partition coefficient (Wildman–Crippen LogP) is 3.44. The van der Waals surface area contributed by atoms with Gasteiger partial charge in [0.05, 0.1) is 5.69 Å². The van der Waals surface area contributed by atoms with E-state index in [9.17, 15) is 0 Å². The second-order valence-corrected chi connectivity index (χ2v) is 2.45. The van der Waals surface area contributed by atoms with Crippen LogP contribution in [0.2, 0.25) is 0 Å². The number of nitrogens with zero attached hydrogens (tertiary/aromatic N) is 1. The fourth-order valence-electron chi connectivity index (χ4n) is 1.06. The summed E-state index contributed by atoms with van der Waals surface area (Å²) in [6.07, 6.45) is 5.88. The minimum Gasteiger partial charge on any atom is -0.261 e. The van der Waals surface area contributed by atoms with E-state index in [1.54, 1.807) is 0 Å². The van der Waals surface area contributed by atoms with Crippen molar-refractivity contribution in [2.75, 3.05) is 0 Å². The Kier molecular flexibility index (Phi) is 3.27. The zero-order valence-corrected chi connectivity index (χ0v) is 7.49. The van der Waals surface area contributed by atoms with Gasteiger partial charge in [0.15, 0.2) is 0 Å². The lowest BCUT2D eigenvalue weighted by atomic mass is 10.2. The molecule has 0 aromatic heterocycles. The third kappa shape index (κ3) is 2.06. The van der Waals surface area contributed by atoms with Gasteiger partial charge in [-0.2, -0.15) is 0 Å². The number of aliphatic imine (C=N–C) groups is 1. The van der Waals surface area contributed by atoms with Gasteiger partial charge in [0.1, 0.15) is 0 Å². The molecule has 62 valence electrons. The third-order valence-corrected chi connectivity index (χ3v) is 1.55. The molecule has 0 saturated heterocycles. The van der Waals surface area contributed by atoms with Gasteiger partial charge in [-0.05, 0) is 25.5 Å². The van der Waals surface area contributed by atoms with E-state index in [1.807, 2.05) is 44.3 Å². The van der Waals surface area contributed by atoms with Crippen LogP contribution in [-0.2, 0) is 0 Å². The number of benzene rings is 1. The first-order valence-corrected chi connectivity index (χ1v) is 4.09. The van der Waals surface area contributed by atoms with E-state index in [0.29, 0.717) is 0 Å². The second-order valence-electron chi connectivity index (χ2n) is 2.45. The van der Waals surface area contributed by atoms with Crippen molar-refractivity contribution in [3.8, 4) is 0 Å². The average molecular weight is 159 g/mol. The molecular weight excluding hydrogens is 146 g/mol. The van der Waals surface area contributed by atoms with Gasteiger partial charge in [-0.15, -0.1) is 0 Å². The van der Waals surface area contributed by atoms with Gasteiger partial charge < -0.3 is 0 Å². The molecule has 0 aliphatic heterocycles. The number of para-hydroxylation sites is 1. The molecule has 0 atom stereocenters. The Morgan fingerprint density at radius 1 is 1.17 bits per heavy atom. The third-order valence-electron chi connectivity index (χ3n) is 1.55. The predicted molar refractivity (Wildman–Crippen MR) is 55.0 cm³/mol. The molecule has 0 N–H and O–H groups in total. The highest BCUT2D eigenvalue weighted by Gasteiger charge is 1.92. The van der Waals surface area contributed by atoms with Crippen molar-refractivity contribution in [3.05, 3.63) is 35.9 Å². The molecule has 0 bridgehead atoms. The zero-order chi connectivity index (χ0) is 8.81. The molecular formula is C11H13N. The quantitative estimate of drug-likeness (QED) is 0.586. The summed E-state index contributed by atoms with van der Waals surface area (Å²) < 4.78 is 0.